The van der Waals surface area contributed by atoms with Crippen LogP contribution in [0.3, 0.4) is 0 Å². The molecule has 3 nitrogen and oxygen atoms in total. The second kappa shape index (κ2) is 5.19. The first kappa shape index (κ1) is 11.5. The van der Waals surface area contributed by atoms with Crippen molar-refractivity contribution in [3.05, 3.63) is 0 Å². The Labute approximate surface area is 77.9 Å². The zero-order chi connectivity index (χ0) is 9.72. The molecule has 0 N–H and O–H groups in total. The van der Waals surface area contributed by atoms with Gasteiger partial charge in [0.2, 0.25) is 0 Å². The van der Waals surface area contributed by atoms with Crippen LogP contribution in [0, 0.1) is 0 Å². The van der Waals surface area contributed by atoms with Crippen LogP contribution in [-0.4, -0.2) is 23.1 Å². The minimum atomic E-state index is -0.919. The van der Waals surface area contributed by atoms with Crippen molar-refractivity contribution in [2.24, 2.45) is 0 Å². The first-order chi connectivity index (χ1) is 5.49. The molecule has 0 aromatic carbocycles. The van der Waals surface area contributed by atoms with E-state index >= 15 is 0 Å². The largest absolute Gasteiger partial charge is 0.462 e. The van der Waals surface area contributed by atoms with Crippen LogP contribution in [-0.2, 0) is 14.3 Å². The van der Waals surface area contributed by atoms with Gasteiger partial charge in [0, 0.05) is 6.42 Å². The molecule has 0 aromatic rings. The molecule has 0 rings (SSSR count). The summed E-state index contributed by atoms with van der Waals surface area (Å²) in [5, 5.41) is -0.919. The van der Waals surface area contributed by atoms with Crippen molar-refractivity contribution in [2.45, 2.75) is 38.5 Å². The summed E-state index contributed by atoms with van der Waals surface area (Å²) in [6.07, 6.45) is 0.110. The quantitative estimate of drug-likeness (QED) is 0.412. The van der Waals surface area contributed by atoms with Gasteiger partial charge in [-0.25, -0.2) is 0 Å². The van der Waals surface area contributed by atoms with Crippen LogP contribution < -0.4 is 0 Å². The molecular formula is C8H14O3S. The van der Waals surface area contributed by atoms with E-state index in [0.717, 1.165) is 0 Å². The van der Waals surface area contributed by atoms with E-state index < -0.39 is 11.2 Å². The van der Waals surface area contributed by atoms with Crippen LogP contribution in [0.25, 0.3) is 0 Å². The fourth-order valence-electron chi connectivity index (χ4n) is 0.622. The Kier molecular flexibility index (Phi) is 4.97. The molecule has 0 heterocycles. The van der Waals surface area contributed by atoms with Crippen molar-refractivity contribution in [3.63, 3.8) is 0 Å². The molecule has 4 heteroatoms. The van der Waals surface area contributed by atoms with Crippen LogP contribution in [0.15, 0.2) is 0 Å². The third kappa shape index (κ3) is 3.76. The zero-order valence-corrected chi connectivity index (χ0v) is 8.43. The van der Waals surface area contributed by atoms with Crippen molar-refractivity contribution < 1.29 is 14.3 Å². The number of carbonyl (C=O) groups is 2. The number of thiol groups is 1. The van der Waals surface area contributed by atoms with Gasteiger partial charge in [0.15, 0.2) is 11.0 Å². The third-order valence-corrected chi connectivity index (χ3v) is 1.73. The molecule has 1 unspecified atom stereocenters. The molecule has 0 aromatic heterocycles. The van der Waals surface area contributed by atoms with Crippen LogP contribution in [0.5, 0.6) is 0 Å². The summed E-state index contributed by atoms with van der Waals surface area (Å²) in [6, 6.07) is 0. The van der Waals surface area contributed by atoms with Gasteiger partial charge in [0.25, 0.3) is 0 Å². The van der Waals surface area contributed by atoms with Crippen LogP contribution in [0.1, 0.15) is 27.2 Å². The third-order valence-electron chi connectivity index (χ3n) is 1.23. The molecular weight excluding hydrogens is 176 g/mol. The Balaban J connectivity index is 4.01. The van der Waals surface area contributed by atoms with Gasteiger partial charge in [-0.3, -0.25) is 9.59 Å². The molecule has 0 radical (unpaired) electrons. The molecule has 0 bridgehead atoms. The van der Waals surface area contributed by atoms with Crippen molar-refractivity contribution in [2.75, 3.05) is 0 Å². The topological polar surface area (TPSA) is 43.4 Å². The number of ketones is 1. The lowest BCUT2D eigenvalue weighted by Gasteiger charge is -2.11. The van der Waals surface area contributed by atoms with E-state index in [1.54, 1.807) is 20.8 Å². The van der Waals surface area contributed by atoms with E-state index in [2.05, 4.69) is 12.6 Å². The molecule has 70 valence electrons. The lowest BCUT2D eigenvalue weighted by molar-refractivity contribution is -0.148. The van der Waals surface area contributed by atoms with Crippen molar-refractivity contribution in [1.29, 1.82) is 0 Å². The molecule has 0 aliphatic rings. The van der Waals surface area contributed by atoms with Gasteiger partial charge in [-0.05, 0) is 13.8 Å². The Morgan fingerprint density at radius 3 is 2.25 bits per heavy atom. The van der Waals surface area contributed by atoms with E-state index in [4.69, 9.17) is 4.74 Å². The average Bonchev–Trinajstić information content (AvgIpc) is 2.00. The molecule has 0 fully saturated rings. The second-order valence-corrected chi connectivity index (χ2v) is 3.22. The van der Waals surface area contributed by atoms with E-state index in [0.29, 0.717) is 6.42 Å². The molecule has 1 atom stereocenters. The highest BCUT2D eigenvalue weighted by molar-refractivity contribution is 7.82. The van der Waals surface area contributed by atoms with Gasteiger partial charge in [-0.1, -0.05) is 6.92 Å². The second-order valence-electron chi connectivity index (χ2n) is 2.71. The predicted molar refractivity (Wildman–Crippen MR) is 49.3 cm³/mol. The lowest BCUT2D eigenvalue weighted by Crippen LogP contribution is -2.28. The Morgan fingerprint density at radius 1 is 1.42 bits per heavy atom. The van der Waals surface area contributed by atoms with Crippen molar-refractivity contribution in [1.82, 2.24) is 0 Å². The van der Waals surface area contributed by atoms with Gasteiger partial charge >= 0.3 is 5.97 Å². The molecule has 0 saturated heterocycles. The fraction of sp³-hybridized carbons (Fsp3) is 0.750. The highest BCUT2D eigenvalue weighted by Crippen LogP contribution is 2.04. The van der Waals surface area contributed by atoms with Crippen molar-refractivity contribution >= 4 is 24.4 Å². The minimum absolute atomic E-state index is 0.197. The smallest absolute Gasteiger partial charge is 0.326 e. The van der Waals surface area contributed by atoms with Gasteiger partial charge in [-0.2, -0.15) is 12.6 Å². The first-order valence-electron chi connectivity index (χ1n) is 3.90. The van der Waals surface area contributed by atoms with Gasteiger partial charge < -0.3 is 4.74 Å². The normalized spacial score (nSPS) is 12.8. The molecule has 0 spiro atoms. The van der Waals surface area contributed by atoms with Crippen LogP contribution in [0.2, 0.25) is 0 Å². The molecule has 0 saturated carbocycles. The Morgan fingerprint density at radius 2 is 1.92 bits per heavy atom. The van der Waals surface area contributed by atoms with Gasteiger partial charge in [0.05, 0.1) is 6.10 Å². The number of hydrogen-bond donors (Lipinski definition) is 1. The predicted octanol–water partition coefficient (Wildman–Crippen LogP) is 1.22. The van der Waals surface area contributed by atoms with Crippen LogP contribution >= 0.6 is 12.6 Å². The maximum Gasteiger partial charge on any atom is 0.326 e. The summed E-state index contributed by atoms with van der Waals surface area (Å²) < 4.78 is 4.80. The number of hydrogen-bond acceptors (Lipinski definition) is 4. The summed E-state index contributed by atoms with van der Waals surface area (Å²) >= 11 is 3.85. The van der Waals surface area contributed by atoms with E-state index in [-0.39, 0.29) is 11.9 Å². The first-order valence-corrected chi connectivity index (χ1v) is 4.42. The Hall–Kier alpha value is -0.510. The summed E-state index contributed by atoms with van der Waals surface area (Å²) in [6.45, 7) is 5.15. The summed E-state index contributed by atoms with van der Waals surface area (Å²) in [5.74, 6) is -0.760. The fourth-order valence-corrected chi connectivity index (χ4v) is 0.865. The molecule has 0 aliphatic carbocycles. The van der Waals surface area contributed by atoms with Gasteiger partial charge in [-0.15, -0.1) is 0 Å². The number of ether oxygens (including phenoxy) is 1. The highest BCUT2D eigenvalue weighted by atomic mass is 32.1. The maximum absolute atomic E-state index is 11.0. The lowest BCUT2D eigenvalue weighted by atomic mass is 10.2. The number of rotatable bonds is 4. The molecule has 0 amide bonds. The highest BCUT2D eigenvalue weighted by Gasteiger charge is 2.22. The number of carbonyl (C=O) groups excluding carboxylic acids is 2. The average molecular weight is 190 g/mol. The van der Waals surface area contributed by atoms with E-state index in [1.165, 1.54) is 0 Å². The number of Topliss-reactive ketones (excluding diaryl/α,β-unsaturated/α-hetero) is 1. The SMILES string of the molecule is CCC(=O)C(S)C(=O)OC(C)C. The van der Waals surface area contributed by atoms with Crippen LogP contribution in [0.4, 0.5) is 0 Å². The Bertz CT molecular complexity index is 177. The molecule has 0 aliphatic heterocycles. The molecule has 12 heavy (non-hydrogen) atoms. The standard InChI is InChI=1S/C8H14O3S/c1-4-6(9)7(12)8(10)11-5(2)3/h5,7,12H,4H2,1-3H3. The number of esters is 1. The minimum Gasteiger partial charge on any atom is -0.462 e. The summed E-state index contributed by atoms with van der Waals surface area (Å²) in [4.78, 5) is 22.0. The maximum atomic E-state index is 11.0. The van der Waals surface area contributed by atoms with E-state index in [1.807, 2.05) is 0 Å². The monoisotopic (exact) mass is 190 g/mol. The summed E-state index contributed by atoms with van der Waals surface area (Å²) in [7, 11) is 0. The van der Waals surface area contributed by atoms with Crippen molar-refractivity contribution in [3.8, 4) is 0 Å². The van der Waals surface area contributed by atoms with E-state index in [9.17, 15) is 9.59 Å². The van der Waals surface area contributed by atoms with Gasteiger partial charge in [0.1, 0.15) is 0 Å². The zero-order valence-electron chi connectivity index (χ0n) is 7.53. The summed E-state index contributed by atoms with van der Waals surface area (Å²) in [5.41, 5.74) is 0.